The standard InChI is InChI=1S/C21H8F3NO3S2/c22-21(23,24)11-5-3-4-10(8-11)15(26)14(9-25)20-29-18-16(27)12-6-1-2-7-13(12)17(28)19(18)30-20/h1-8H. The smallest absolute Gasteiger partial charge is 0.288 e. The largest absolute Gasteiger partial charge is 0.416 e. The lowest BCUT2D eigenvalue weighted by atomic mass is 9.94. The zero-order chi connectivity index (χ0) is 21.6. The molecule has 0 aromatic heterocycles. The van der Waals surface area contributed by atoms with E-state index in [1.54, 1.807) is 18.2 Å². The summed E-state index contributed by atoms with van der Waals surface area (Å²) >= 11 is 1.64. The predicted molar refractivity (Wildman–Crippen MR) is 106 cm³/mol. The molecule has 2 aromatic rings. The molecule has 9 heteroatoms. The number of hydrogen-bond acceptors (Lipinski definition) is 6. The molecule has 0 amide bonds. The first kappa shape index (κ1) is 20.2. The Morgan fingerprint density at radius 3 is 1.97 bits per heavy atom. The van der Waals surface area contributed by atoms with Gasteiger partial charge in [-0.1, -0.05) is 59.9 Å². The van der Waals surface area contributed by atoms with Crippen molar-refractivity contribution < 1.29 is 27.6 Å². The number of nitrogens with zero attached hydrogens (tertiary/aromatic N) is 1. The van der Waals surface area contributed by atoms with Gasteiger partial charge in [-0.2, -0.15) is 18.4 Å². The number of fused-ring (bicyclic) bond motifs is 1. The van der Waals surface area contributed by atoms with E-state index in [0.29, 0.717) is 6.07 Å². The van der Waals surface area contributed by atoms with E-state index in [1.807, 2.05) is 0 Å². The zero-order valence-corrected chi connectivity index (χ0v) is 16.4. The Balaban J connectivity index is 1.72. The fourth-order valence-electron chi connectivity index (χ4n) is 2.99. The summed E-state index contributed by atoms with van der Waals surface area (Å²) < 4.78 is 39.0. The lowest BCUT2D eigenvalue weighted by Gasteiger charge is -2.13. The average molecular weight is 443 g/mol. The summed E-state index contributed by atoms with van der Waals surface area (Å²) in [7, 11) is 0. The number of nitriles is 1. The molecule has 2 aliphatic rings. The maximum Gasteiger partial charge on any atom is 0.416 e. The van der Waals surface area contributed by atoms with Crippen molar-refractivity contribution >= 4 is 40.9 Å². The van der Waals surface area contributed by atoms with E-state index in [0.717, 1.165) is 35.7 Å². The Morgan fingerprint density at radius 1 is 0.900 bits per heavy atom. The first-order chi connectivity index (χ1) is 14.2. The predicted octanol–water partition coefficient (Wildman–Crippen LogP) is 5.39. The Hall–Kier alpha value is -3.09. The molecule has 1 aliphatic carbocycles. The first-order valence-electron chi connectivity index (χ1n) is 8.37. The van der Waals surface area contributed by atoms with Crippen molar-refractivity contribution in [1.29, 1.82) is 5.26 Å². The van der Waals surface area contributed by atoms with Crippen LogP contribution < -0.4 is 0 Å². The maximum atomic E-state index is 13.0. The highest BCUT2D eigenvalue weighted by atomic mass is 32.2. The second-order valence-electron chi connectivity index (χ2n) is 6.25. The summed E-state index contributed by atoms with van der Waals surface area (Å²) in [6.45, 7) is 0. The van der Waals surface area contributed by atoms with E-state index in [1.165, 1.54) is 18.2 Å². The molecular formula is C21H8F3NO3S2. The number of thioether (sulfide) groups is 2. The molecule has 148 valence electrons. The number of benzene rings is 2. The number of carbonyl (C=O) groups is 3. The van der Waals surface area contributed by atoms with Gasteiger partial charge in [0.05, 0.1) is 19.6 Å². The van der Waals surface area contributed by atoms with Crippen LogP contribution in [-0.2, 0) is 6.18 Å². The van der Waals surface area contributed by atoms with E-state index >= 15 is 0 Å². The van der Waals surface area contributed by atoms with E-state index in [9.17, 15) is 32.8 Å². The van der Waals surface area contributed by atoms with Gasteiger partial charge in [-0.3, -0.25) is 14.4 Å². The minimum Gasteiger partial charge on any atom is -0.288 e. The molecule has 0 radical (unpaired) electrons. The van der Waals surface area contributed by atoms with Crippen LogP contribution in [0.5, 0.6) is 0 Å². The number of ketones is 3. The van der Waals surface area contributed by atoms with Gasteiger partial charge in [-0.15, -0.1) is 0 Å². The Bertz CT molecular complexity index is 1200. The third kappa shape index (κ3) is 3.28. The van der Waals surface area contributed by atoms with Crippen LogP contribution in [0.25, 0.3) is 0 Å². The second-order valence-corrected chi connectivity index (χ2v) is 8.55. The summed E-state index contributed by atoms with van der Waals surface area (Å²) in [5.41, 5.74) is -1.26. The van der Waals surface area contributed by atoms with Crippen LogP contribution in [-0.4, -0.2) is 17.3 Å². The van der Waals surface area contributed by atoms with Gasteiger partial charge < -0.3 is 0 Å². The number of hydrogen-bond donors (Lipinski definition) is 0. The number of carbonyl (C=O) groups excluding carboxylic acids is 3. The molecule has 1 aliphatic heterocycles. The van der Waals surface area contributed by atoms with Crippen LogP contribution in [0.2, 0.25) is 0 Å². The summed E-state index contributed by atoms with van der Waals surface area (Å²) in [5.74, 6) is -1.69. The van der Waals surface area contributed by atoms with Crippen molar-refractivity contribution in [2.75, 3.05) is 0 Å². The molecule has 0 N–H and O–H groups in total. The molecule has 0 spiro atoms. The topological polar surface area (TPSA) is 75.0 Å². The molecule has 0 unspecified atom stereocenters. The third-order valence-electron chi connectivity index (χ3n) is 4.42. The maximum absolute atomic E-state index is 13.0. The number of rotatable bonds is 2. The van der Waals surface area contributed by atoms with Crippen molar-refractivity contribution in [3.8, 4) is 6.07 Å². The van der Waals surface area contributed by atoms with Gasteiger partial charge in [0.15, 0.2) is 0 Å². The molecule has 0 fully saturated rings. The first-order valence-corrected chi connectivity index (χ1v) is 10.0. The molecule has 4 rings (SSSR count). The second kappa shape index (κ2) is 7.31. The number of halogens is 3. The van der Waals surface area contributed by atoms with Gasteiger partial charge in [0, 0.05) is 16.7 Å². The Morgan fingerprint density at radius 2 is 1.47 bits per heavy atom. The summed E-state index contributed by atoms with van der Waals surface area (Å²) in [4.78, 5) is 38.5. The van der Waals surface area contributed by atoms with Gasteiger partial charge in [-0.05, 0) is 12.1 Å². The number of alkyl halides is 3. The van der Waals surface area contributed by atoms with Crippen molar-refractivity contribution in [2.45, 2.75) is 6.18 Å². The molecular weight excluding hydrogens is 435 g/mol. The fourth-order valence-corrected chi connectivity index (χ4v) is 5.54. The molecule has 2 aromatic carbocycles. The number of allylic oxidation sites excluding steroid dienone is 3. The van der Waals surface area contributed by atoms with E-state index in [4.69, 9.17) is 0 Å². The molecule has 4 nitrogen and oxygen atoms in total. The SMILES string of the molecule is N#CC(C(=O)c1cccc(C(F)(F)F)c1)=C1SC2=C(S1)C(=O)c1ccccc1C2=O. The zero-order valence-electron chi connectivity index (χ0n) is 14.7. The molecule has 0 saturated heterocycles. The van der Waals surface area contributed by atoms with E-state index < -0.39 is 34.7 Å². The van der Waals surface area contributed by atoms with Crippen LogP contribution in [0.4, 0.5) is 13.2 Å². The summed E-state index contributed by atoms with van der Waals surface area (Å²) in [6.07, 6.45) is -4.64. The molecule has 0 atom stereocenters. The minimum absolute atomic E-state index is 0.0967. The molecule has 1 heterocycles. The van der Waals surface area contributed by atoms with Crippen LogP contribution in [0.15, 0.2) is 68.2 Å². The van der Waals surface area contributed by atoms with Crippen molar-refractivity contribution in [1.82, 2.24) is 0 Å². The van der Waals surface area contributed by atoms with Gasteiger partial charge >= 0.3 is 6.18 Å². The average Bonchev–Trinajstić information content (AvgIpc) is 3.17. The Kier molecular flexibility index (Phi) is 4.92. The lowest BCUT2D eigenvalue weighted by Crippen LogP contribution is -2.17. The quantitative estimate of drug-likeness (QED) is 0.352. The van der Waals surface area contributed by atoms with Crippen LogP contribution >= 0.6 is 23.5 Å². The molecule has 0 saturated carbocycles. The highest BCUT2D eigenvalue weighted by Crippen LogP contribution is 2.54. The van der Waals surface area contributed by atoms with Gasteiger partial charge in [0.2, 0.25) is 17.3 Å². The van der Waals surface area contributed by atoms with E-state index in [2.05, 4.69) is 0 Å². The Labute approximate surface area is 176 Å². The van der Waals surface area contributed by atoms with Crippen molar-refractivity contribution in [3.63, 3.8) is 0 Å². The summed E-state index contributed by atoms with van der Waals surface area (Å²) in [6, 6.07) is 11.8. The van der Waals surface area contributed by atoms with Crippen molar-refractivity contribution in [2.24, 2.45) is 0 Å². The van der Waals surface area contributed by atoms with Gasteiger partial charge in [0.25, 0.3) is 0 Å². The van der Waals surface area contributed by atoms with Crippen LogP contribution in [0, 0.1) is 11.3 Å². The number of Topliss-reactive ketones (excluding diaryl/α,β-unsaturated/α-hetero) is 3. The fraction of sp³-hybridized carbons (Fsp3) is 0.0476. The summed E-state index contributed by atoms with van der Waals surface area (Å²) in [5, 5.41) is 9.52. The lowest BCUT2D eigenvalue weighted by molar-refractivity contribution is -0.137. The van der Waals surface area contributed by atoms with Crippen molar-refractivity contribution in [3.05, 3.63) is 90.4 Å². The highest BCUT2D eigenvalue weighted by Gasteiger charge is 2.40. The monoisotopic (exact) mass is 443 g/mol. The van der Waals surface area contributed by atoms with Crippen LogP contribution in [0.1, 0.15) is 36.6 Å². The van der Waals surface area contributed by atoms with Crippen LogP contribution in [0.3, 0.4) is 0 Å². The minimum atomic E-state index is -4.64. The van der Waals surface area contributed by atoms with Gasteiger partial charge in [-0.25, -0.2) is 0 Å². The molecule has 30 heavy (non-hydrogen) atoms. The van der Waals surface area contributed by atoms with E-state index in [-0.39, 0.29) is 30.7 Å². The van der Waals surface area contributed by atoms with Gasteiger partial charge in [0.1, 0.15) is 11.6 Å². The third-order valence-corrected chi connectivity index (χ3v) is 7.02. The molecule has 0 bridgehead atoms. The highest BCUT2D eigenvalue weighted by molar-refractivity contribution is 8.29. The normalized spacial score (nSPS) is 15.6.